The van der Waals surface area contributed by atoms with Crippen molar-refractivity contribution in [2.75, 3.05) is 12.9 Å². The van der Waals surface area contributed by atoms with E-state index in [1.165, 1.54) is 19.6 Å². The third-order valence-electron chi connectivity index (χ3n) is 2.93. The summed E-state index contributed by atoms with van der Waals surface area (Å²) >= 11 is 1.88. The van der Waals surface area contributed by atoms with Crippen LogP contribution in [0.3, 0.4) is 0 Å². The molecule has 1 aromatic rings. The molecule has 2 N–H and O–H groups in total. The van der Waals surface area contributed by atoms with Crippen LogP contribution in [0.1, 0.15) is 24.4 Å². The van der Waals surface area contributed by atoms with Crippen LogP contribution in [0, 0.1) is 5.82 Å². The van der Waals surface area contributed by atoms with Gasteiger partial charge in [-0.25, -0.2) is 4.39 Å². The lowest BCUT2D eigenvalue weighted by Crippen LogP contribution is -2.21. The summed E-state index contributed by atoms with van der Waals surface area (Å²) in [4.78, 5) is 0. The van der Waals surface area contributed by atoms with Gasteiger partial charge in [0.25, 0.3) is 0 Å². The van der Waals surface area contributed by atoms with Gasteiger partial charge < -0.3 is 10.5 Å². The Morgan fingerprint density at radius 3 is 2.94 bits per heavy atom. The Labute approximate surface area is 99.4 Å². The van der Waals surface area contributed by atoms with Crippen LogP contribution in [0.5, 0.6) is 5.75 Å². The van der Waals surface area contributed by atoms with E-state index in [9.17, 15) is 4.39 Å². The van der Waals surface area contributed by atoms with Crippen LogP contribution in [0.15, 0.2) is 18.2 Å². The Hall–Kier alpha value is -0.740. The number of thioether (sulfide) groups is 1. The molecular formula is C12H16FNOS. The Balaban J connectivity index is 2.16. The lowest BCUT2D eigenvalue weighted by Gasteiger charge is -2.19. The minimum atomic E-state index is -0.335. The maximum atomic E-state index is 13.5. The van der Waals surface area contributed by atoms with Crippen molar-refractivity contribution in [1.82, 2.24) is 0 Å². The summed E-state index contributed by atoms with van der Waals surface area (Å²) in [6, 6.07) is 4.91. The van der Waals surface area contributed by atoms with Crippen LogP contribution in [0.25, 0.3) is 0 Å². The molecule has 2 nitrogen and oxygen atoms in total. The lowest BCUT2D eigenvalue weighted by molar-refractivity contribution is 0.386. The van der Waals surface area contributed by atoms with Crippen LogP contribution < -0.4 is 10.5 Å². The number of rotatable bonds is 3. The zero-order chi connectivity index (χ0) is 11.5. The van der Waals surface area contributed by atoms with Crippen molar-refractivity contribution in [1.29, 1.82) is 0 Å². The first-order valence-corrected chi connectivity index (χ1v) is 6.48. The van der Waals surface area contributed by atoms with E-state index in [-0.39, 0.29) is 17.6 Å². The van der Waals surface area contributed by atoms with E-state index in [1.807, 2.05) is 17.8 Å². The molecule has 0 aromatic heterocycles. The molecule has 1 heterocycles. The summed E-state index contributed by atoms with van der Waals surface area (Å²) in [7, 11) is 1.46. The van der Waals surface area contributed by atoms with Gasteiger partial charge in [-0.1, -0.05) is 6.07 Å². The second-order valence-corrected chi connectivity index (χ2v) is 5.32. The van der Waals surface area contributed by atoms with Gasteiger partial charge in [0.2, 0.25) is 0 Å². The normalized spacial score (nSPS) is 22.1. The Bertz CT molecular complexity index is 366. The molecule has 0 saturated carbocycles. The van der Waals surface area contributed by atoms with Crippen LogP contribution in [-0.2, 0) is 0 Å². The summed E-state index contributed by atoms with van der Waals surface area (Å²) in [6.07, 6.45) is 2.33. The number of benzene rings is 1. The molecule has 1 fully saturated rings. The van der Waals surface area contributed by atoms with E-state index >= 15 is 0 Å². The molecule has 4 heteroatoms. The Morgan fingerprint density at radius 2 is 2.38 bits per heavy atom. The van der Waals surface area contributed by atoms with Crippen molar-refractivity contribution in [3.63, 3.8) is 0 Å². The lowest BCUT2D eigenvalue weighted by atomic mass is 10.0. The number of methoxy groups -OCH3 is 1. The molecule has 1 aromatic carbocycles. The quantitative estimate of drug-likeness (QED) is 0.883. The molecule has 1 saturated heterocycles. The largest absolute Gasteiger partial charge is 0.494 e. The van der Waals surface area contributed by atoms with Crippen LogP contribution in [-0.4, -0.2) is 18.1 Å². The zero-order valence-corrected chi connectivity index (χ0v) is 10.1. The standard InChI is InChI=1S/C12H16FNOS/c1-15-10-5-4-8(7-9(10)13)12(14)11-3-2-6-16-11/h4-5,7,11-12H,2-3,6,14H2,1H3. The minimum Gasteiger partial charge on any atom is -0.494 e. The summed E-state index contributed by atoms with van der Waals surface area (Å²) in [5, 5.41) is 0.424. The van der Waals surface area contributed by atoms with E-state index in [0.29, 0.717) is 5.25 Å². The van der Waals surface area contributed by atoms with E-state index in [4.69, 9.17) is 10.5 Å². The highest BCUT2D eigenvalue weighted by Crippen LogP contribution is 2.35. The van der Waals surface area contributed by atoms with Crippen molar-refractivity contribution < 1.29 is 9.13 Å². The van der Waals surface area contributed by atoms with Gasteiger partial charge in [-0.05, 0) is 36.3 Å². The monoisotopic (exact) mass is 241 g/mol. The van der Waals surface area contributed by atoms with E-state index in [1.54, 1.807) is 6.07 Å². The molecule has 88 valence electrons. The average Bonchev–Trinajstić information content (AvgIpc) is 2.81. The number of ether oxygens (including phenoxy) is 1. The maximum Gasteiger partial charge on any atom is 0.165 e. The predicted octanol–water partition coefficient (Wildman–Crippen LogP) is 2.73. The fraction of sp³-hybridized carbons (Fsp3) is 0.500. The number of hydrogen-bond donors (Lipinski definition) is 1. The molecule has 2 unspecified atom stereocenters. The molecule has 2 atom stereocenters. The first-order chi connectivity index (χ1) is 7.72. The molecule has 0 bridgehead atoms. The first-order valence-electron chi connectivity index (χ1n) is 5.43. The van der Waals surface area contributed by atoms with Crippen LogP contribution in [0.2, 0.25) is 0 Å². The summed E-state index contributed by atoms with van der Waals surface area (Å²) < 4.78 is 18.4. The Kier molecular flexibility index (Phi) is 3.71. The zero-order valence-electron chi connectivity index (χ0n) is 9.28. The number of hydrogen-bond acceptors (Lipinski definition) is 3. The molecular weight excluding hydrogens is 225 g/mol. The van der Waals surface area contributed by atoms with Gasteiger partial charge in [-0.2, -0.15) is 11.8 Å². The van der Waals surface area contributed by atoms with Crippen molar-refractivity contribution in [3.05, 3.63) is 29.6 Å². The SMILES string of the molecule is COc1ccc(C(N)C2CCCS2)cc1F. The summed E-state index contributed by atoms with van der Waals surface area (Å²) in [5.74, 6) is 1.10. The molecule has 1 aliphatic rings. The predicted molar refractivity (Wildman–Crippen MR) is 65.4 cm³/mol. The minimum absolute atomic E-state index is 0.0760. The van der Waals surface area contributed by atoms with Crippen molar-refractivity contribution in [3.8, 4) is 5.75 Å². The van der Waals surface area contributed by atoms with E-state index < -0.39 is 0 Å². The fourth-order valence-corrected chi connectivity index (χ4v) is 3.32. The number of halogens is 1. The third kappa shape index (κ3) is 2.33. The highest BCUT2D eigenvalue weighted by Gasteiger charge is 2.24. The van der Waals surface area contributed by atoms with E-state index in [0.717, 1.165) is 17.7 Å². The Morgan fingerprint density at radius 1 is 1.56 bits per heavy atom. The summed E-state index contributed by atoms with van der Waals surface area (Å²) in [6.45, 7) is 0. The van der Waals surface area contributed by atoms with Crippen LogP contribution in [0.4, 0.5) is 4.39 Å². The maximum absolute atomic E-state index is 13.5. The molecule has 2 rings (SSSR count). The average molecular weight is 241 g/mol. The second-order valence-electron chi connectivity index (χ2n) is 3.97. The summed E-state index contributed by atoms with van der Waals surface area (Å²) in [5.41, 5.74) is 6.99. The van der Waals surface area contributed by atoms with Crippen LogP contribution >= 0.6 is 11.8 Å². The van der Waals surface area contributed by atoms with E-state index in [2.05, 4.69) is 0 Å². The van der Waals surface area contributed by atoms with Gasteiger partial charge in [0.05, 0.1) is 7.11 Å². The van der Waals surface area contributed by atoms with Gasteiger partial charge >= 0.3 is 0 Å². The highest BCUT2D eigenvalue weighted by atomic mass is 32.2. The number of nitrogens with two attached hydrogens (primary N) is 1. The fourth-order valence-electron chi connectivity index (χ4n) is 1.99. The molecule has 0 radical (unpaired) electrons. The topological polar surface area (TPSA) is 35.2 Å². The molecule has 0 spiro atoms. The van der Waals surface area contributed by atoms with Crippen molar-refractivity contribution in [2.24, 2.45) is 5.73 Å². The second kappa shape index (κ2) is 5.06. The van der Waals surface area contributed by atoms with Gasteiger partial charge in [0, 0.05) is 11.3 Å². The molecule has 1 aliphatic heterocycles. The molecule has 16 heavy (non-hydrogen) atoms. The van der Waals surface area contributed by atoms with Gasteiger partial charge in [0.1, 0.15) is 0 Å². The van der Waals surface area contributed by atoms with Gasteiger partial charge in [0.15, 0.2) is 11.6 Å². The molecule has 0 aliphatic carbocycles. The van der Waals surface area contributed by atoms with Crippen molar-refractivity contribution in [2.45, 2.75) is 24.1 Å². The smallest absolute Gasteiger partial charge is 0.165 e. The first kappa shape index (κ1) is 11.7. The van der Waals surface area contributed by atoms with Gasteiger partial charge in [-0.3, -0.25) is 0 Å². The highest BCUT2D eigenvalue weighted by molar-refractivity contribution is 8.00. The third-order valence-corrected chi connectivity index (χ3v) is 4.41. The van der Waals surface area contributed by atoms with Crippen molar-refractivity contribution >= 4 is 11.8 Å². The molecule has 0 amide bonds. The van der Waals surface area contributed by atoms with Gasteiger partial charge in [-0.15, -0.1) is 0 Å².